The first-order valence-corrected chi connectivity index (χ1v) is 13.2. The average Bonchev–Trinajstić information content (AvgIpc) is 2.92. The zero-order chi connectivity index (χ0) is 27.2. The number of nitrogens with zero attached hydrogens (tertiary/aromatic N) is 1. The van der Waals surface area contributed by atoms with Gasteiger partial charge in [-0.3, -0.25) is 4.99 Å². The molecule has 194 valence electrons. The molecule has 1 atom stereocenters. The molecule has 0 unspecified atom stereocenters. The van der Waals surface area contributed by atoms with Gasteiger partial charge in [0.05, 0.1) is 5.71 Å². The molecule has 0 radical (unpaired) electrons. The number of carbonyl (C=O) groups is 1. The van der Waals surface area contributed by atoms with Crippen molar-refractivity contribution in [1.82, 2.24) is 0 Å². The third-order valence-corrected chi connectivity index (χ3v) is 6.73. The molecule has 4 rings (SSSR count). The molecule has 0 saturated heterocycles. The van der Waals surface area contributed by atoms with Crippen LogP contribution in [0.1, 0.15) is 62.4 Å². The monoisotopic (exact) mass is 503 g/mol. The molecule has 3 heteroatoms. The van der Waals surface area contributed by atoms with E-state index in [1.54, 1.807) is 0 Å². The van der Waals surface area contributed by atoms with Crippen LogP contribution >= 0.6 is 0 Å². The van der Waals surface area contributed by atoms with Crippen LogP contribution in [0, 0.1) is 0 Å². The zero-order valence-electron chi connectivity index (χ0n) is 23.0. The average molecular weight is 504 g/mol. The van der Waals surface area contributed by atoms with E-state index in [0.29, 0.717) is 6.42 Å². The van der Waals surface area contributed by atoms with Crippen molar-refractivity contribution in [2.24, 2.45) is 4.99 Å². The molecule has 0 aliphatic carbocycles. The van der Waals surface area contributed by atoms with Crippen LogP contribution in [0.5, 0.6) is 0 Å². The van der Waals surface area contributed by atoms with E-state index in [2.05, 4.69) is 45.0 Å². The first-order valence-electron chi connectivity index (χ1n) is 13.2. The molecule has 4 aromatic carbocycles. The van der Waals surface area contributed by atoms with Gasteiger partial charge >= 0.3 is 5.97 Å². The number of aliphatic imine (C=N–C) groups is 1. The van der Waals surface area contributed by atoms with Gasteiger partial charge in [-0.15, -0.1) is 0 Å². The highest BCUT2D eigenvalue weighted by Crippen LogP contribution is 2.27. The van der Waals surface area contributed by atoms with E-state index in [1.807, 2.05) is 105 Å². The van der Waals surface area contributed by atoms with Gasteiger partial charge in [-0.25, -0.2) is 4.79 Å². The lowest BCUT2D eigenvalue weighted by atomic mass is 9.86. The Morgan fingerprint density at radius 3 is 1.61 bits per heavy atom. The van der Waals surface area contributed by atoms with E-state index in [-0.39, 0.29) is 11.4 Å². The summed E-state index contributed by atoms with van der Waals surface area (Å²) < 4.78 is 6.16. The highest BCUT2D eigenvalue weighted by Gasteiger charge is 2.30. The molecule has 4 aromatic rings. The lowest BCUT2D eigenvalue weighted by molar-refractivity contribution is -0.159. The molecule has 38 heavy (non-hydrogen) atoms. The molecule has 0 aliphatic rings. The Morgan fingerprint density at radius 1 is 0.658 bits per heavy atom. The van der Waals surface area contributed by atoms with Crippen molar-refractivity contribution >= 4 is 11.7 Å². The van der Waals surface area contributed by atoms with Gasteiger partial charge in [-0.05, 0) is 36.0 Å². The van der Waals surface area contributed by atoms with Gasteiger partial charge in [0, 0.05) is 17.5 Å². The summed E-state index contributed by atoms with van der Waals surface area (Å²) in [5.41, 5.74) is 5.20. The van der Waals surface area contributed by atoms with Gasteiger partial charge in [-0.1, -0.05) is 136 Å². The summed E-state index contributed by atoms with van der Waals surface area (Å²) in [6, 6.07) is 37.7. The minimum Gasteiger partial charge on any atom is -0.453 e. The van der Waals surface area contributed by atoms with Gasteiger partial charge < -0.3 is 4.74 Å². The topological polar surface area (TPSA) is 38.7 Å². The number of benzene rings is 4. The fraction of sp³-hybridized carbons (Fsp3) is 0.257. The van der Waals surface area contributed by atoms with Crippen molar-refractivity contribution in [3.8, 4) is 0 Å². The summed E-state index contributed by atoms with van der Waals surface area (Å²) in [4.78, 5) is 18.9. The molecule has 0 heterocycles. The number of hydrogen-bond acceptors (Lipinski definition) is 3. The van der Waals surface area contributed by atoms with E-state index < -0.39 is 11.6 Å². The van der Waals surface area contributed by atoms with Crippen molar-refractivity contribution in [3.05, 3.63) is 143 Å². The van der Waals surface area contributed by atoms with E-state index in [4.69, 9.17) is 9.73 Å². The molecule has 0 fully saturated rings. The van der Waals surface area contributed by atoms with Crippen molar-refractivity contribution in [2.75, 3.05) is 0 Å². The number of carbonyl (C=O) groups excluding carboxylic acids is 1. The van der Waals surface area contributed by atoms with Crippen molar-refractivity contribution in [3.63, 3.8) is 0 Å². The standard InChI is InChI=1S/C35H37NO2/c1-34(2,3)29-23-21-26(22-24-29)25-31(33(37)38-35(4,5)30-19-13-8-14-20-30)36-32(27-15-9-6-10-16-27)28-17-11-7-12-18-28/h6-24,31H,25H2,1-5H3/t31-/m1/s1. The molecular formula is C35H37NO2. The second-order valence-electron chi connectivity index (χ2n) is 11.2. The molecule has 0 bridgehead atoms. The molecule has 3 nitrogen and oxygen atoms in total. The maximum Gasteiger partial charge on any atom is 0.332 e. The zero-order valence-corrected chi connectivity index (χ0v) is 23.0. The predicted molar refractivity (Wildman–Crippen MR) is 157 cm³/mol. The minimum atomic E-state index is -0.790. The molecule has 0 saturated carbocycles. The van der Waals surface area contributed by atoms with Gasteiger partial charge in [0.2, 0.25) is 0 Å². The minimum absolute atomic E-state index is 0.0580. The summed E-state index contributed by atoms with van der Waals surface area (Å²) in [7, 11) is 0. The number of esters is 1. The van der Waals surface area contributed by atoms with Gasteiger partial charge in [-0.2, -0.15) is 0 Å². The predicted octanol–water partition coefficient (Wildman–Crippen LogP) is 7.91. The largest absolute Gasteiger partial charge is 0.453 e. The maximum absolute atomic E-state index is 13.8. The summed E-state index contributed by atoms with van der Waals surface area (Å²) in [6.45, 7) is 10.4. The normalized spacial score (nSPS) is 12.4. The summed E-state index contributed by atoms with van der Waals surface area (Å²) in [6.07, 6.45) is 0.442. The van der Waals surface area contributed by atoms with Crippen molar-refractivity contribution < 1.29 is 9.53 Å². The van der Waals surface area contributed by atoms with Crippen LogP contribution in [0.3, 0.4) is 0 Å². The Labute approximate surface area is 227 Å². The Bertz CT molecular complexity index is 1310. The van der Waals surface area contributed by atoms with Crippen LogP contribution in [0.4, 0.5) is 0 Å². The van der Waals surface area contributed by atoms with Crippen LogP contribution < -0.4 is 0 Å². The molecular weight excluding hydrogens is 466 g/mol. The molecule has 0 aromatic heterocycles. The Balaban J connectivity index is 1.74. The van der Waals surface area contributed by atoms with E-state index in [0.717, 1.165) is 28.0 Å². The number of hydrogen-bond donors (Lipinski definition) is 0. The highest BCUT2D eigenvalue weighted by atomic mass is 16.6. The fourth-order valence-electron chi connectivity index (χ4n) is 4.43. The quantitative estimate of drug-likeness (QED) is 0.181. The van der Waals surface area contributed by atoms with E-state index >= 15 is 0 Å². The first-order chi connectivity index (χ1) is 18.1. The Morgan fingerprint density at radius 2 is 1.13 bits per heavy atom. The summed E-state index contributed by atoms with van der Waals surface area (Å²) >= 11 is 0. The number of ether oxygens (including phenoxy) is 1. The summed E-state index contributed by atoms with van der Waals surface area (Å²) in [5, 5.41) is 0. The second kappa shape index (κ2) is 11.6. The summed E-state index contributed by atoms with van der Waals surface area (Å²) in [5.74, 6) is -0.344. The fourth-order valence-corrected chi connectivity index (χ4v) is 4.43. The smallest absolute Gasteiger partial charge is 0.332 e. The Kier molecular flexibility index (Phi) is 8.26. The van der Waals surface area contributed by atoms with Gasteiger partial charge in [0.25, 0.3) is 0 Å². The van der Waals surface area contributed by atoms with Crippen molar-refractivity contribution in [2.45, 2.75) is 58.1 Å². The third-order valence-electron chi connectivity index (χ3n) is 6.73. The molecule has 0 aliphatic heterocycles. The van der Waals surface area contributed by atoms with Crippen LogP contribution in [-0.4, -0.2) is 17.7 Å². The SMILES string of the molecule is CC(C)(C)c1ccc(C[C@@H](N=C(c2ccccc2)c2ccccc2)C(=O)OC(C)(C)c2ccccc2)cc1. The molecule has 0 spiro atoms. The van der Waals surface area contributed by atoms with E-state index in [1.165, 1.54) is 5.56 Å². The second-order valence-corrected chi connectivity index (χ2v) is 11.2. The van der Waals surface area contributed by atoms with Crippen LogP contribution in [0.2, 0.25) is 0 Å². The van der Waals surface area contributed by atoms with Gasteiger partial charge in [0.1, 0.15) is 5.60 Å². The third kappa shape index (κ3) is 6.86. The highest BCUT2D eigenvalue weighted by molar-refractivity contribution is 6.13. The maximum atomic E-state index is 13.8. The molecule has 0 amide bonds. The lowest BCUT2D eigenvalue weighted by Gasteiger charge is -2.28. The van der Waals surface area contributed by atoms with Crippen LogP contribution in [-0.2, 0) is 27.0 Å². The number of rotatable bonds is 8. The Hall–Kier alpha value is -3.98. The first kappa shape index (κ1) is 27.1. The van der Waals surface area contributed by atoms with Gasteiger partial charge in [0.15, 0.2) is 6.04 Å². The van der Waals surface area contributed by atoms with Crippen LogP contribution in [0.25, 0.3) is 0 Å². The molecule has 0 N–H and O–H groups in total. The van der Waals surface area contributed by atoms with Crippen molar-refractivity contribution in [1.29, 1.82) is 0 Å². The lowest BCUT2D eigenvalue weighted by Crippen LogP contribution is -2.33. The van der Waals surface area contributed by atoms with Crippen LogP contribution in [0.15, 0.2) is 120 Å². The van der Waals surface area contributed by atoms with E-state index in [9.17, 15) is 4.79 Å².